The first kappa shape index (κ1) is 21.1. The van der Waals surface area contributed by atoms with Crippen molar-refractivity contribution in [2.45, 2.75) is 20.0 Å². The van der Waals surface area contributed by atoms with Crippen LogP contribution in [0.4, 0.5) is 4.39 Å². The van der Waals surface area contributed by atoms with Gasteiger partial charge in [-0.2, -0.15) is 4.68 Å². The summed E-state index contributed by atoms with van der Waals surface area (Å²) in [7, 11) is 3.09. The lowest BCUT2D eigenvalue weighted by Gasteiger charge is -2.21. The maximum absolute atomic E-state index is 13.1. The molecule has 0 bridgehead atoms. The van der Waals surface area contributed by atoms with Gasteiger partial charge in [-0.3, -0.25) is 4.79 Å². The molecule has 1 aromatic heterocycles. The standard InChI is InChI=1S/C21H22FN3O5/c1-4-24(12-14-5-10-17(28-2)18(11-14)29-3)19(26)13-25-21(27)30-20(23-25)15-6-8-16(22)9-7-15/h5-11H,4,12-13H2,1-3H3. The molecule has 0 aliphatic rings. The molecule has 158 valence electrons. The number of amides is 1. The summed E-state index contributed by atoms with van der Waals surface area (Å²) in [5.41, 5.74) is 1.29. The highest BCUT2D eigenvalue weighted by Crippen LogP contribution is 2.28. The Morgan fingerprint density at radius 3 is 2.47 bits per heavy atom. The molecular weight excluding hydrogens is 393 g/mol. The van der Waals surface area contributed by atoms with Crippen molar-refractivity contribution >= 4 is 5.91 Å². The van der Waals surface area contributed by atoms with Crippen molar-refractivity contribution in [3.05, 3.63) is 64.4 Å². The first-order chi connectivity index (χ1) is 14.4. The summed E-state index contributed by atoms with van der Waals surface area (Å²) in [5.74, 6) is -0.286. The molecule has 0 saturated heterocycles. The number of ether oxygens (including phenoxy) is 2. The fraction of sp³-hybridized carbons (Fsp3) is 0.286. The lowest BCUT2D eigenvalue weighted by molar-refractivity contribution is -0.132. The Labute approximate surface area is 172 Å². The Hall–Kier alpha value is -3.62. The Balaban J connectivity index is 1.74. The molecule has 30 heavy (non-hydrogen) atoms. The number of methoxy groups -OCH3 is 2. The van der Waals surface area contributed by atoms with Crippen LogP contribution in [0, 0.1) is 5.82 Å². The van der Waals surface area contributed by atoms with Gasteiger partial charge in [-0.1, -0.05) is 6.07 Å². The molecule has 0 saturated carbocycles. The number of aromatic nitrogens is 2. The molecule has 3 aromatic rings. The smallest absolute Gasteiger partial charge is 0.437 e. The van der Waals surface area contributed by atoms with Crippen LogP contribution in [0.5, 0.6) is 11.5 Å². The highest BCUT2D eigenvalue weighted by Gasteiger charge is 2.18. The van der Waals surface area contributed by atoms with Gasteiger partial charge in [0.05, 0.1) is 14.2 Å². The average Bonchev–Trinajstić information content (AvgIpc) is 3.12. The van der Waals surface area contributed by atoms with Crippen LogP contribution < -0.4 is 15.2 Å². The number of nitrogens with zero attached hydrogens (tertiary/aromatic N) is 3. The summed E-state index contributed by atoms with van der Waals surface area (Å²) in [6.45, 7) is 2.33. The Morgan fingerprint density at radius 1 is 1.13 bits per heavy atom. The summed E-state index contributed by atoms with van der Waals surface area (Å²) < 4.78 is 29.7. The molecular formula is C21H22FN3O5. The first-order valence-corrected chi connectivity index (χ1v) is 9.27. The van der Waals surface area contributed by atoms with E-state index < -0.39 is 11.6 Å². The van der Waals surface area contributed by atoms with Gasteiger partial charge in [0.2, 0.25) is 11.8 Å². The fourth-order valence-electron chi connectivity index (χ4n) is 2.92. The maximum Gasteiger partial charge on any atom is 0.437 e. The van der Waals surface area contributed by atoms with E-state index in [0.717, 1.165) is 10.2 Å². The number of rotatable bonds is 8. The van der Waals surface area contributed by atoms with Gasteiger partial charge in [0.15, 0.2) is 11.5 Å². The van der Waals surface area contributed by atoms with Crippen LogP contribution in [0.2, 0.25) is 0 Å². The normalized spacial score (nSPS) is 10.7. The minimum atomic E-state index is -0.759. The van der Waals surface area contributed by atoms with E-state index >= 15 is 0 Å². The zero-order valence-electron chi connectivity index (χ0n) is 16.9. The van der Waals surface area contributed by atoms with Gasteiger partial charge in [-0.15, -0.1) is 5.10 Å². The number of benzene rings is 2. The molecule has 0 fully saturated rings. The summed E-state index contributed by atoms with van der Waals surface area (Å²) >= 11 is 0. The molecule has 0 aliphatic heterocycles. The third kappa shape index (κ3) is 4.68. The lowest BCUT2D eigenvalue weighted by Crippen LogP contribution is -2.35. The molecule has 3 rings (SSSR count). The zero-order valence-corrected chi connectivity index (χ0v) is 16.9. The predicted molar refractivity (Wildman–Crippen MR) is 107 cm³/mol. The van der Waals surface area contributed by atoms with Crippen molar-refractivity contribution in [2.75, 3.05) is 20.8 Å². The van der Waals surface area contributed by atoms with Crippen molar-refractivity contribution in [3.63, 3.8) is 0 Å². The molecule has 2 aromatic carbocycles. The van der Waals surface area contributed by atoms with E-state index in [0.29, 0.717) is 30.2 Å². The van der Waals surface area contributed by atoms with Crippen LogP contribution in [0.1, 0.15) is 12.5 Å². The lowest BCUT2D eigenvalue weighted by atomic mass is 10.2. The largest absolute Gasteiger partial charge is 0.493 e. The van der Waals surface area contributed by atoms with Crippen molar-refractivity contribution < 1.29 is 23.1 Å². The molecule has 0 radical (unpaired) electrons. The van der Waals surface area contributed by atoms with Gasteiger partial charge >= 0.3 is 5.76 Å². The Morgan fingerprint density at radius 2 is 1.83 bits per heavy atom. The van der Waals surface area contributed by atoms with Gasteiger partial charge in [-0.25, -0.2) is 9.18 Å². The van der Waals surface area contributed by atoms with Crippen molar-refractivity contribution in [1.82, 2.24) is 14.7 Å². The molecule has 0 spiro atoms. The van der Waals surface area contributed by atoms with Crippen molar-refractivity contribution in [1.29, 1.82) is 0 Å². The van der Waals surface area contributed by atoms with Crippen LogP contribution in [0.3, 0.4) is 0 Å². The minimum Gasteiger partial charge on any atom is -0.493 e. The molecule has 0 aliphatic carbocycles. The summed E-state index contributed by atoms with van der Waals surface area (Å²) in [6, 6.07) is 10.8. The quantitative estimate of drug-likeness (QED) is 0.562. The SMILES string of the molecule is CCN(Cc1ccc(OC)c(OC)c1)C(=O)Cn1nc(-c2ccc(F)cc2)oc1=O. The van der Waals surface area contributed by atoms with E-state index in [-0.39, 0.29) is 18.3 Å². The topological polar surface area (TPSA) is 86.8 Å². The molecule has 1 amide bonds. The molecule has 0 atom stereocenters. The molecule has 0 N–H and O–H groups in total. The second kappa shape index (κ2) is 9.25. The van der Waals surface area contributed by atoms with E-state index in [9.17, 15) is 14.0 Å². The van der Waals surface area contributed by atoms with Gasteiger partial charge in [-0.05, 0) is 48.9 Å². The van der Waals surface area contributed by atoms with Gasteiger partial charge in [0, 0.05) is 18.7 Å². The number of carbonyl (C=O) groups is 1. The van der Waals surface area contributed by atoms with Gasteiger partial charge in [0.1, 0.15) is 12.4 Å². The number of likely N-dealkylation sites (N-methyl/N-ethyl adjacent to an activating group) is 1. The maximum atomic E-state index is 13.1. The van der Waals surface area contributed by atoms with E-state index in [1.165, 1.54) is 24.3 Å². The number of hydrogen-bond donors (Lipinski definition) is 0. The highest BCUT2D eigenvalue weighted by molar-refractivity contribution is 5.76. The number of carbonyl (C=O) groups excluding carboxylic acids is 1. The van der Waals surface area contributed by atoms with Crippen LogP contribution in [-0.4, -0.2) is 41.4 Å². The Kier molecular flexibility index (Phi) is 6.51. The molecule has 1 heterocycles. The van der Waals surface area contributed by atoms with Gasteiger partial charge < -0.3 is 18.8 Å². The average molecular weight is 415 g/mol. The van der Waals surface area contributed by atoms with Crippen LogP contribution >= 0.6 is 0 Å². The monoisotopic (exact) mass is 415 g/mol. The number of hydrogen-bond acceptors (Lipinski definition) is 6. The van der Waals surface area contributed by atoms with Gasteiger partial charge in [0.25, 0.3) is 0 Å². The second-order valence-corrected chi connectivity index (χ2v) is 6.43. The van der Waals surface area contributed by atoms with Crippen LogP contribution in [0.15, 0.2) is 51.7 Å². The highest BCUT2D eigenvalue weighted by atomic mass is 19.1. The van der Waals surface area contributed by atoms with E-state index in [1.54, 1.807) is 31.3 Å². The third-order valence-corrected chi connectivity index (χ3v) is 4.54. The van der Waals surface area contributed by atoms with Crippen molar-refractivity contribution in [3.8, 4) is 23.0 Å². The Bertz CT molecular complexity index is 1070. The summed E-state index contributed by atoms with van der Waals surface area (Å²) in [6.07, 6.45) is 0. The molecule has 8 nitrogen and oxygen atoms in total. The fourth-order valence-corrected chi connectivity index (χ4v) is 2.92. The predicted octanol–water partition coefficient (Wildman–Crippen LogP) is 2.71. The van der Waals surface area contributed by atoms with E-state index in [4.69, 9.17) is 13.9 Å². The van der Waals surface area contributed by atoms with Crippen LogP contribution in [-0.2, 0) is 17.9 Å². The zero-order chi connectivity index (χ0) is 21.7. The van der Waals surface area contributed by atoms with E-state index in [1.807, 2.05) is 13.0 Å². The first-order valence-electron chi connectivity index (χ1n) is 9.27. The summed E-state index contributed by atoms with van der Waals surface area (Å²) in [5, 5.41) is 4.05. The summed E-state index contributed by atoms with van der Waals surface area (Å²) in [4.78, 5) is 26.4. The van der Waals surface area contributed by atoms with Crippen molar-refractivity contribution in [2.24, 2.45) is 0 Å². The molecule has 0 unspecified atom stereocenters. The van der Waals surface area contributed by atoms with E-state index in [2.05, 4.69) is 5.10 Å². The minimum absolute atomic E-state index is 0.0238. The third-order valence-electron chi connectivity index (χ3n) is 4.54. The molecule has 9 heteroatoms. The number of halogens is 1. The second-order valence-electron chi connectivity index (χ2n) is 6.43. The van der Waals surface area contributed by atoms with Crippen LogP contribution in [0.25, 0.3) is 11.5 Å².